The first-order valence-electron chi connectivity index (χ1n) is 6.98. The molecule has 7 nitrogen and oxygen atoms in total. The zero-order chi connectivity index (χ0) is 15.7. The van der Waals surface area contributed by atoms with Gasteiger partial charge in [-0.25, -0.2) is 9.48 Å². The van der Waals surface area contributed by atoms with Crippen molar-refractivity contribution in [1.82, 2.24) is 9.78 Å². The molecule has 0 amide bonds. The van der Waals surface area contributed by atoms with Gasteiger partial charge in [0.15, 0.2) is 5.75 Å². The summed E-state index contributed by atoms with van der Waals surface area (Å²) >= 11 is 0. The number of anilines is 1. The largest absolute Gasteiger partial charge is 0.503 e. The lowest BCUT2D eigenvalue weighted by molar-refractivity contribution is 0.0686. The minimum absolute atomic E-state index is 0.627. The van der Waals surface area contributed by atoms with Gasteiger partial charge in [-0.3, -0.25) is 4.79 Å². The van der Waals surface area contributed by atoms with Crippen molar-refractivity contribution in [3.63, 3.8) is 0 Å². The van der Waals surface area contributed by atoms with E-state index in [1.165, 1.54) is 4.68 Å². The molecule has 0 bridgehead atoms. The van der Waals surface area contributed by atoms with Crippen molar-refractivity contribution in [2.45, 2.75) is 12.8 Å². The highest BCUT2D eigenvalue weighted by Crippen LogP contribution is 2.27. The van der Waals surface area contributed by atoms with Crippen LogP contribution in [0.5, 0.6) is 5.75 Å². The van der Waals surface area contributed by atoms with Gasteiger partial charge in [-0.1, -0.05) is 12.1 Å². The Morgan fingerprint density at radius 3 is 2.41 bits per heavy atom. The van der Waals surface area contributed by atoms with Crippen molar-refractivity contribution in [3.8, 4) is 11.4 Å². The van der Waals surface area contributed by atoms with Crippen LogP contribution in [-0.4, -0.2) is 39.1 Å². The second-order valence-corrected chi connectivity index (χ2v) is 5.12. The summed E-state index contributed by atoms with van der Waals surface area (Å²) in [7, 11) is 0. The van der Waals surface area contributed by atoms with E-state index in [1.54, 1.807) is 12.1 Å². The van der Waals surface area contributed by atoms with Crippen molar-refractivity contribution >= 4 is 11.7 Å². The van der Waals surface area contributed by atoms with E-state index < -0.39 is 22.8 Å². The number of aromatic hydroxyl groups is 1. The Morgan fingerprint density at radius 2 is 1.77 bits per heavy atom. The molecule has 0 unspecified atom stereocenters. The summed E-state index contributed by atoms with van der Waals surface area (Å²) in [4.78, 5) is 24.9. The van der Waals surface area contributed by atoms with Gasteiger partial charge in [0.2, 0.25) is 5.69 Å². The highest BCUT2D eigenvalue weighted by atomic mass is 16.4. The van der Waals surface area contributed by atoms with Crippen molar-refractivity contribution in [3.05, 3.63) is 46.4 Å². The maximum Gasteiger partial charge on any atom is 0.360 e. The third-order valence-corrected chi connectivity index (χ3v) is 3.68. The molecule has 0 spiro atoms. The molecule has 0 aliphatic carbocycles. The summed E-state index contributed by atoms with van der Waals surface area (Å²) in [6, 6.07) is 7.37. The zero-order valence-corrected chi connectivity index (χ0v) is 11.8. The average molecular weight is 301 g/mol. The Bertz CT molecular complexity index is 779. The molecule has 114 valence electrons. The number of benzene rings is 1. The van der Waals surface area contributed by atoms with Gasteiger partial charge in [-0.05, 0) is 25.0 Å². The number of carboxylic acids is 1. The monoisotopic (exact) mass is 301 g/mol. The molecule has 0 radical (unpaired) electrons. The first-order valence-corrected chi connectivity index (χ1v) is 6.98. The molecule has 7 heteroatoms. The summed E-state index contributed by atoms with van der Waals surface area (Å²) in [5, 5.41) is 22.6. The summed E-state index contributed by atoms with van der Waals surface area (Å²) < 4.78 is 1.24. The third kappa shape index (κ3) is 2.41. The van der Waals surface area contributed by atoms with Gasteiger partial charge in [0.05, 0.1) is 17.6 Å². The molecule has 1 aliphatic rings. The van der Waals surface area contributed by atoms with Crippen LogP contribution in [-0.2, 0) is 0 Å². The number of para-hydroxylation sites is 2. The topological polar surface area (TPSA) is 95.7 Å². The van der Waals surface area contributed by atoms with Gasteiger partial charge in [0.1, 0.15) is 0 Å². The normalized spacial score (nSPS) is 14.3. The van der Waals surface area contributed by atoms with Crippen LogP contribution >= 0.6 is 0 Å². The van der Waals surface area contributed by atoms with E-state index in [9.17, 15) is 14.7 Å². The van der Waals surface area contributed by atoms with Crippen LogP contribution in [0.15, 0.2) is 35.3 Å². The molecular weight excluding hydrogens is 286 g/mol. The number of rotatable bonds is 3. The summed E-state index contributed by atoms with van der Waals surface area (Å²) in [6.45, 7) is 1.82. The van der Waals surface area contributed by atoms with Crippen molar-refractivity contribution < 1.29 is 15.0 Å². The molecule has 2 aromatic rings. The molecule has 1 aromatic carbocycles. The van der Waals surface area contributed by atoms with Crippen LogP contribution in [0.2, 0.25) is 0 Å². The maximum atomic E-state index is 11.6. The molecule has 2 heterocycles. The number of hydrogen-bond acceptors (Lipinski definition) is 5. The fourth-order valence-electron chi connectivity index (χ4n) is 2.62. The third-order valence-electron chi connectivity index (χ3n) is 3.68. The van der Waals surface area contributed by atoms with E-state index in [-0.39, 0.29) is 0 Å². The lowest BCUT2D eigenvalue weighted by atomic mass is 10.2. The van der Waals surface area contributed by atoms with Gasteiger partial charge in [0.25, 0.3) is 5.43 Å². The molecular formula is C15H15N3O4. The van der Waals surface area contributed by atoms with E-state index in [2.05, 4.69) is 10.00 Å². The first-order chi connectivity index (χ1) is 10.6. The second kappa shape index (κ2) is 5.51. The quantitative estimate of drug-likeness (QED) is 0.885. The van der Waals surface area contributed by atoms with E-state index in [1.807, 2.05) is 12.1 Å². The van der Waals surface area contributed by atoms with Crippen LogP contribution in [0.1, 0.15) is 23.3 Å². The number of nitrogens with zero attached hydrogens (tertiary/aromatic N) is 3. The molecule has 3 rings (SSSR count). The average Bonchev–Trinajstić information content (AvgIpc) is 3.04. The lowest BCUT2D eigenvalue weighted by Crippen LogP contribution is -2.23. The summed E-state index contributed by atoms with van der Waals surface area (Å²) in [5.41, 5.74) is -0.160. The van der Waals surface area contributed by atoms with E-state index >= 15 is 0 Å². The first kappa shape index (κ1) is 14.1. The lowest BCUT2D eigenvalue weighted by Gasteiger charge is -2.21. The Morgan fingerprint density at radius 1 is 1.14 bits per heavy atom. The second-order valence-electron chi connectivity index (χ2n) is 5.12. The van der Waals surface area contributed by atoms with E-state index in [0.717, 1.165) is 37.8 Å². The summed E-state index contributed by atoms with van der Waals surface area (Å²) in [6.07, 6.45) is 3.33. The predicted molar refractivity (Wildman–Crippen MR) is 79.9 cm³/mol. The fourth-order valence-corrected chi connectivity index (χ4v) is 2.62. The Hall–Kier alpha value is -2.83. The molecule has 0 atom stereocenters. The van der Waals surface area contributed by atoms with Crippen molar-refractivity contribution in [2.75, 3.05) is 18.0 Å². The van der Waals surface area contributed by atoms with Crippen LogP contribution in [0.3, 0.4) is 0 Å². The predicted octanol–water partition coefficient (Wildman–Crippen LogP) is 1.24. The number of carbonyl (C=O) groups is 1. The highest BCUT2D eigenvalue weighted by Gasteiger charge is 2.20. The van der Waals surface area contributed by atoms with Crippen LogP contribution in [0.4, 0.5) is 5.69 Å². The van der Waals surface area contributed by atoms with Crippen molar-refractivity contribution in [1.29, 1.82) is 0 Å². The number of hydrogen-bond donors (Lipinski definition) is 2. The molecule has 22 heavy (non-hydrogen) atoms. The number of aromatic nitrogens is 2. The number of carboxylic acid groups (broad SMARTS) is 1. The molecule has 2 N–H and O–H groups in total. The van der Waals surface area contributed by atoms with Crippen LogP contribution < -0.4 is 10.3 Å². The Labute approximate surface area is 126 Å². The van der Waals surface area contributed by atoms with Gasteiger partial charge in [-0.2, -0.15) is 5.10 Å². The Balaban J connectivity index is 2.16. The fraction of sp³-hybridized carbons (Fsp3) is 0.267. The van der Waals surface area contributed by atoms with Crippen LogP contribution in [0.25, 0.3) is 5.69 Å². The van der Waals surface area contributed by atoms with Gasteiger partial charge in [0, 0.05) is 13.1 Å². The standard InChI is InChI=1S/C15H15N3O4/c19-12-9-18(16-13(14(12)20)15(21)22)11-6-2-1-5-10(11)17-7-3-4-8-17/h1-2,5-6,9,19H,3-4,7-8H2,(H,21,22). The Kier molecular flexibility index (Phi) is 3.54. The molecule has 1 aromatic heterocycles. The van der Waals surface area contributed by atoms with Gasteiger partial charge < -0.3 is 15.1 Å². The molecule has 0 saturated carbocycles. The van der Waals surface area contributed by atoms with Crippen LogP contribution in [0, 0.1) is 0 Å². The molecule has 1 saturated heterocycles. The smallest absolute Gasteiger partial charge is 0.360 e. The van der Waals surface area contributed by atoms with E-state index in [4.69, 9.17) is 5.11 Å². The van der Waals surface area contributed by atoms with Gasteiger partial charge >= 0.3 is 5.97 Å². The minimum atomic E-state index is -1.46. The van der Waals surface area contributed by atoms with Gasteiger partial charge in [-0.15, -0.1) is 0 Å². The maximum absolute atomic E-state index is 11.6. The highest BCUT2D eigenvalue weighted by molar-refractivity contribution is 5.85. The zero-order valence-electron chi connectivity index (χ0n) is 11.8. The SMILES string of the molecule is O=C(O)c1nn(-c2ccccc2N2CCCC2)cc(O)c1=O. The molecule has 1 aliphatic heterocycles. The number of aromatic carboxylic acids is 1. The summed E-state index contributed by atoms with van der Waals surface area (Å²) in [5.74, 6) is -2.10. The van der Waals surface area contributed by atoms with Crippen molar-refractivity contribution in [2.24, 2.45) is 0 Å². The minimum Gasteiger partial charge on any atom is -0.503 e. The molecule has 1 fully saturated rings. The van der Waals surface area contributed by atoms with E-state index in [0.29, 0.717) is 5.69 Å².